The molecule has 16 heavy (non-hydrogen) atoms. The van der Waals surface area contributed by atoms with Gasteiger partial charge in [-0.25, -0.2) is 0 Å². The van der Waals surface area contributed by atoms with Crippen LogP contribution in [0.4, 0.5) is 0 Å². The van der Waals surface area contributed by atoms with E-state index in [1.54, 1.807) is 11.1 Å². The van der Waals surface area contributed by atoms with Crippen molar-refractivity contribution in [1.82, 2.24) is 0 Å². The van der Waals surface area contributed by atoms with Crippen LogP contribution in [0.2, 0.25) is 0 Å². The maximum Gasteiger partial charge on any atom is -0.0232 e. The Morgan fingerprint density at radius 2 is 1.69 bits per heavy atom. The SMILES string of the molecule is CCCCCCCC(C)C(C)=C1CCCC1. The second-order valence-corrected chi connectivity index (χ2v) is 5.60. The van der Waals surface area contributed by atoms with Crippen LogP contribution in [0.25, 0.3) is 0 Å². The number of unbranched alkanes of at least 4 members (excludes halogenated alkanes) is 4. The van der Waals surface area contributed by atoms with Crippen LogP contribution in [0, 0.1) is 5.92 Å². The maximum absolute atomic E-state index is 2.43. The first-order chi connectivity index (χ1) is 7.75. The van der Waals surface area contributed by atoms with Gasteiger partial charge in [0.2, 0.25) is 0 Å². The summed E-state index contributed by atoms with van der Waals surface area (Å²) < 4.78 is 0. The van der Waals surface area contributed by atoms with Gasteiger partial charge in [-0.2, -0.15) is 0 Å². The highest BCUT2D eigenvalue weighted by molar-refractivity contribution is 5.16. The van der Waals surface area contributed by atoms with Crippen molar-refractivity contribution in [3.8, 4) is 0 Å². The second-order valence-electron chi connectivity index (χ2n) is 5.60. The van der Waals surface area contributed by atoms with E-state index in [0.29, 0.717) is 0 Å². The normalized spacial score (nSPS) is 17.8. The van der Waals surface area contributed by atoms with Gasteiger partial charge in [0, 0.05) is 0 Å². The zero-order valence-corrected chi connectivity index (χ0v) is 11.6. The topological polar surface area (TPSA) is 0 Å². The minimum atomic E-state index is 0.842. The molecule has 0 aromatic rings. The van der Waals surface area contributed by atoms with Gasteiger partial charge in [-0.3, -0.25) is 0 Å². The van der Waals surface area contributed by atoms with Gasteiger partial charge in [-0.05, 0) is 44.9 Å². The Hall–Kier alpha value is -0.260. The molecule has 0 aromatic carbocycles. The van der Waals surface area contributed by atoms with Crippen molar-refractivity contribution in [2.45, 2.75) is 85.0 Å². The van der Waals surface area contributed by atoms with E-state index in [-0.39, 0.29) is 0 Å². The number of hydrogen-bond acceptors (Lipinski definition) is 0. The Morgan fingerprint density at radius 1 is 1.06 bits per heavy atom. The Labute approximate surface area is 103 Å². The molecular weight excluding hydrogens is 192 g/mol. The molecular formula is C16H30. The van der Waals surface area contributed by atoms with Gasteiger partial charge < -0.3 is 0 Å². The van der Waals surface area contributed by atoms with Crippen molar-refractivity contribution in [3.05, 3.63) is 11.1 Å². The fourth-order valence-corrected chi connectivity index (χ4v) is 2.82. The van der Waals surface area contributed by atoms with E-state index in [1.807, 2.05) is 0 Å². The summed E-state index contributed by atoms with van der Waals surface area (Å²) in [4.78, 5) is 0. The van der Waals surface area contributed by atoms with Crippen LogP contribution in [0.5, 0.6) is 0 Å². The van der Waals surface area contributed by atoms with Crippen molar-refractivity contribution in [2.24, 2.45) is 5.92 Å². The van der Waals surface area contributed by atoms with E-state index in [2.05, 4.69) is 20.8 Å². The third-order valence-corrected chi connectivity index (χ3v) is 4.24. The summed E-state index contributed by atoms with van der Waals surface area (Å²) in [6.45, 7) is 7.11. The molecule has 1 rings (SSSR count). The largest absolute Gasteiger partial charge is 0.0713 e. The van der Waals surface area contributed by atoms with Gasteiger partial charge in [0.05, 0.1) is 0 Å². The van der Waals surface area contributed by atoms with Crippen LogP contribution >= 0.6 is 0 Å². The first kappa shape index (κ1) is 13.8. The maximum atomic E-state index is 2.43. The minimum Gasteiger partial charge on any atom is -0.0713 e. The first-order valence-corrected chi connectivity index (χ1v) is 7.44. The van der Waals surface area contributed by atoms with Crippen LogP contribution in [-0.4, -0.2) is 0 Å². The lowest BCUT2D eigenvalue weighted by Crippen LogP contribution is -1.99. The lowest BCUT2D eigenvalue weighted by atomic mass is 9.91. The molecule has 0 nitrogen and oxygen atoms in total. The molecule has 1 unspecified atom stereocenters. The summed E-state index contributed by atoms with van der Waals surface area (Å²) in [7, 11) is 0. The summed E-state index contributed by atoms with van der Waals surface area (Å²) in [5, 5.41) is 0. The van der Waals surface area contributed by atoms with E-state index >= 15 is 0 Å². The zero-order valence-electron chi connectivity index (χ0n) is 11.6. The van der Waals surface area contributed by atoms with E-state index in [4.69, 9.17) is 0 Å². The highest BCUT2D eigenvalue weighted by atomic mass is 14.2. The molecule has 1 fully saturated rings. The third kappa shape index (κ3) is 4.72. The fraction of sp³-hybridized carbons (Fsp3) is 0.875. The van der Waals surface area contributed by atoms with Gasteiger partial charge in [0.25, 0.3) is 0 Å². The number of rotatable bonds is 7. The zero-order chi connectivity index (χ0) is 11.8. The number of allylic oxidation sites excluding steroid dienone is 2. The van der Waals surface area contributed by atoms with E-state index < -0.39 is 0 Å². The molecule has 0 heterocycles. The van der Waals surface area contributed by atoms with E-state index in [1.165, 1.54) is 64.2 Å². The fourth-order valence-electron chi connectivity index (χ4n) is 2.82. The van der Waals surface area contributed by atoms with Crippen LogP contribution in [-0.2, 0) is 0 Å². The van der Waals surface area contributed by atoms with Gasteiger partial charge in [-0.1, -0.05) is 57.1 Å². The molecule has 1 saturated carbocycles. The molecule has 1 atom stereocenters. The standard InChI is InChI=1S/C16H30/c1-4-5-6-7-8-11-14(2)15(3)16-12-9-10-13-16/h14H,4-13H2,1-3H3. The van der Waals surface area contributed by atoms with E-state index in [9.17, 15) is 0 Å². The summed E-state index contributed by atoms with van der Waals surface area (Å²) >= 11 is 0. The summed E-state index contributed by atoms with van der Waals surface area (Å²) in [5.74, 6) is 0.842. The van der Waals surface area contributed by atoms with Crippen LogP contribution in [0.3, 0.4) is 0 Å². The Balaban J connectivity index is 2.18. The highest BCUT2D eigenvalue weighted by Gasteiger charge is 2.13. The van der Waals surface area contributed by atoms with Crippen LogP contribution in [0.15, 0.2) is 11.1 Å². The molecule has 0 saturated heterocycles. The van der Waals surface area contributed by atoms with Crippen molar-refractivity contribution in [2.75, 3.05) is 0 Å². The van der Waals surface area contributed by atoms with Gasteiger partial charge in [0.15, 0.2) is 0 Å². The lowest BCUT2D eigenvalue weighted by molar-refractivity contribution is 0.530. The predicted molar refractivity (Wildman–Crippen MR) is 73.7 cm³/mol. The predicted octanol–water partition coefficient (Wildman–Crippen LogP) is 5.87. The average Bonchev–Trinajstić information content (AvgIpc) is 2.81. The Bertz CT molecular complexity index is 204. The van der Waals surface area contributed by atoms with Gasteiger partial charge in [-0.15, -0.1) is 0 Å². The molecule has 0 bridgehead atoms. The summed E-state index contributed by atoms with van der Waals surface area (Å²) in [6, 6.07) is 0. The third-order valence-electron chi connectivity index (χ3n) is 4.24. The molecule has 1 aliphatic carbocycles. The van der Waals surface area contributed by atoms with Gasteiger partial charge >= 0.3 is 0 Å². The molecule has 0 aromatic heterocycles. The molecule has 0 heteroatoms. The molecule has 0 spiro atoms. The Morgan fingerprint density at radius 3 is 2.31 bits per heavy atom. The molecule has 0 amide bonds. The molecule has 0 aliphatic heterocycles. The van der Waals surface area contributed by atoms with E-state index in [0.717, 1.165) is 5.92 Å². The molecule has 94 valence electrons. The smallest absolute Gasteiger partial charge is 0.0232 e. The molecule has 0 N–H and O–H groups in total. The first-order valence-electron chi connectivity index (χ1n) is 7.44. The molecule has 0 radical (unpaired) electrons. The van der Waals surface area contributed by atoms with Crippen molar-refractivity contribution >= 4 is 0 Å². The van der Waals surface area contributed by atoms with Crippen molar-refractivity contribution in [3.63, 3.8) is 0 Å². The number of hydrogen-bond donors (Lipinski definition) is 0. The van der Waals surface area contributed by atoms with Crippen LogP contribution < -0.4 is 0 Å². The monoisotopic (exact) mass is 222 g/mol. The summed E-state index contributed by atoms with van der Waals surface area (Å²) in [5.41, 5.74) is 3.52. The average molecular weight is 222 g/mol. The lowest BCUT2D eigenvalue weighted by Gasteiger charge is -2.15. The highest BCUT2D eigenvalue weighted by Crippen LogP contribution is 2.31. The minimum absolute atomic E-state index is 0.842. The molecule has 1 aliphatic rings. The summed E-state index contributed by atoms with van der Waals surface area (Å²) in [6.07, 6.45) is 14.2. The second kappa shape index (κ2) is 7.92. The van der Waals surface area contributed by atoms with Crippen molar-refractivity contribution in [1.29, 1.82) is 0 Å². The van der Waals surface area contributed by atoms with Gasteiger partial charge in [0.1, 0.15) is 0 Å². The Kier molecular flexibility index (Phi) is 6.84. The van der Waals surface area contributed by atoms with Crippen LogP contribution in [0.1, 0.15) is 85.0 Å². The quantitative estimate of drug-likeness (QED) is 0.373. The van der Waals surface area contributed by atoms with Crippen molar-refractivity contribution < 1.29 is 0 Å².